The van der Waals surface area contributed by atoms with Gasteiger partial charge in [-0.05, 0) is 24.6 Å². The standard InChI is InChI=1S/C14H18N4O2/c1-9-17-12-4-3-11(7-13(12)18-9)8-14(20)16-6-5-15-10(2)19/h3-4,7H,5-6,8H2,1-2H3,(H,15,19)(H,16,20)(H,17,18). The van der Waals surface area contributed by atoms with Crippen LogP contribution < -0.4 is 10.6 Å². The molecule has 6 nitrogen and oxygen atoms in total. The number of aryl methyl sites for hydroxylation is 1. The molecule has 20 heavy (non-hydrogen) atoms. The number of hydrogen-bond donors (Lipinski definition) is 3. The Labute approximate surface area is 117 Å². The molecule has 1 heterocycles. The highest BCUT2D eigenvalue weighted by Crippen LogP contribution is 2.13. The average molecular weight is 274 g/mol. The van der Waals surface area contributed by atoms with Crippen LogP contribution in [-0.2, 0) is 16.0 Å². The van der Waals surface area contributed by atoms with E-state index in [1.807, 2.05) is 25.1 Å². The number of nitrogens with zero attached hydrogens (tertiary/aromatic N) is 1. The summed E-state index contributed by atoms with van der Waals surface area (Å²) in [5.74, 6) is 0.696. The second kappa shape index (κ2) is 6.18. The number of imidazole rings is 1. The third kappa shape index (κ3) is 3.81. The number of aromatic nitrogens is 2. The van der Waals surface area contributed by atoms with Crippen LogP contribution in [0.25, 0.3) is 11.0 Å². The van der Waals surface area contributed by atoms with E-state index < -0.39 is 0 Å². The van der Waals surface area contributed by atoms with Crippen LogP contribution in [0, 0.1) is 6.92 Å². The molecule has 2 rings (SSSR count). The smallest absolute Gasteiger partial charge is 0.224 e. The Balaban J connectivity index is 1.87. The molecule has 0 saturated heterocycles. The Morgan fingerprint density at radius 3 is 2.75 bits per heavy atom. The quantitative estimate of drug-likeness (QED) is 0.700. The minimum Gasteiger partial charge on any atom is -0.355 e. The number of fused-ring (bicyclic) bond motifs is 1. The molecule has 2 aromatic rings. The lowest BCUT2D eigenvalue weighted by Crippen LogP contribution is -2.34. The Morgan fingerprint density at radius 1 is 1.25 bits per heavy atom. The van der Waals surface area contributed by atoms with Crippen molar-refractivity contribution in [1.29, 1.82) is 0 Å². The highest BCUT2D eigenvalue weighted by atomic mass is 16.2. The molecular weight excluding hydrogens is 256 g/mol. The van der Waals surface area contributed by atoms with Crippen molar-refractivity contribution in [2.75, 3.05) is 13.1 Å². The van der Waals surface area contributed by atoms with Gasteiger partial charge in [-0.3, -0.25) is 9.59 Å². The summed E-state index contributed by atoms with van der Waals surface area (Å²) in [4.78, 5) is 29.9. The molecule has 0 aliphatic heterocycles. The monoisotopic (exact) mass is 274 g/mol. The van der Waals surface area contributed by atoms with E-state index in [-0.39, 0.29) is 11.8 Å². The Morgan fingerprint density at radius 2 is 2.00 bits per heavy atom. The van der Waals surface area contributed by atoms with Gasteiger partial charge in [0, 0.05) is 20.0 Å². The maximum Gasteiger partial charge on any atom is 0.224 e. The van der Waals surface area contributed by atoms with Gasteiger partial charge in [-0.15, -0.1) is 0 Å². The van der Waals surface area contributed by atoms with Gasteiger partial charge in [0.05, 0.1) is 17.5 Å². The van der Waals surface area contributed by atoms with E-state index >= 15 is 0 Å². The number of carbonyl (C=O) groups is 2. The Kier molecular flexibility index (Phi) is 4.34. The zero-order valence-electron chi connectivity index (χ0n) is 11.6. The molecule has 0 spiro atoms. The van der Waals surface area contributed by atoms with E-state index in [2.05, 4.69) is 20.6 Å². The molecule has 0 radical (unpaired) electrons. The molecule has 0 bridgehead atoms. The topological polar surface area (TPSA) is 86.9 Å². The van der Waals surface area contributed by atoms with Gasteiger partial charge in [0.1, 0.15) is 5.82 Å². The maximum atomic E-state index is 11.7. The third-order valence-corrected chi connectivity index (χ3v) is 2.85. The number of amides is 2. The van der Waals surface area contributed by atoms with E-state index in [4.69, 9.17) is 0 Å². The van der Waals surface area contributed by atoms with Crippen molar-refractivity contribution >= 4 is 22.8 Å². The minimum absolute atomic E-state index is 0.0639. The number of aromatic amines is 1. The SMILES string of the molecule is CC(=O)NCCNC(=O)Cc1ccc2nc(C)[nH]c2c1. The lowest BCUT2D eigenvalue weighted by atomic mass is 10.1. The van der Waals surface area contributed by atoms with Crippen molar-refractivity contribution < 1.29 is 9.59 Å². The fourth-order valence-electron chi connectivity index (χ4n) is 1.98. The van der Waals surface area contributed by atoms with E-state index in [0.29, 0.717) is 19.5 Å². The summed E-state index contributed by atoms with van der Waals surface area (Å²) in [6, 6.07) is 5.73. The fraction of sp³-hybridized carbons (Fsp3) is 0.357. The van der Waals surface area contributed by atoms with Crippen LogP contribution in [0.5, 0.6) is 0 Å². The first kappa shape index (κ1) is 14.0. The summed E-state index contributed by atoms with van der Waals surface area (Å²) in [7, 11) is 0. The maximum absolute atomic E-state index is 11.7. The lowest BCUT2D eigenvalue weighted by molar-refractivity contribution is -0.121. The average Bonchev–Trinajstić information content (AvgIpc) is 2.74. The summed E-state index contributed by atoms with van der Waals surface area (Å²) >= 11 is 0. The molecule has 2 amide bonds. The van der Waals surface area contributed by atoms with E-state index in [1.54, 1.807) is 0 Å². The van der Waals surface area contributed by atoms with Crippen LogP contribution in [0.15, 0.2) is 18.2 Å². The predicted molar refractivity (Wildman–Crippen MR) is 76.2 cm³/mol. The summed E-state index contributed by atoms with van der Waals surface area (Å²) < 4.78 is 0. The van der Waals surface area contributed by atoms with Gasteiger partial charge in [-0.2, -0.15) is 0 Å². The molecule has 0 aliphatic carbocycles. The summed E-state index contributed by atoms with van der Waals surface area (Å²) in [5, 5.41) is 5.39. The lowest BCUT2D eigenvalue weighted by Gasteiger charge is -2.05. The van der Waals surface area contributed by atoms with Crippen molar-refractivity contribution in [1.82, 2.24) is 20.6 Å². The number of carbonyl (C=O) groups excluding carboxylic acids is 2. The molecule has 3 N–H and O–H groups in total. The molecule has 1 aromatic carbocycles. The molecule has 0 unspecified atom stereocenters. The van der Waals surface area contributed by atoms with E-state index in [9.17, 15) is 9.59 Å². The second-order valence-corrected chi connectivity index (χ2v) is 4.68. The zero-order valence-corrected chi connectivity index (χ0v) is 11.6. The highest BCUT2D eigenvalue weighted by Gasteiger charge is 2.05. The number of benzene rings is 1. The second-order valence-electron chi connectivity index (χ2n) is 4.68. The van der Waals surface area contributed by atoms with Gasteiger partial charge in [0.2, 0.25) is 11.8 Å². The third-order valence-electron chi connectivity index (χ3n) is 2.85. The van der Waals surface area contributed by atoms with Crippen molar-refractivity contribution in [3.05, 3.63) is 29.6 Å². The predicted octanol–water partition coefficient (Wildman–Crippen LogP) is 0.666. The molecule has 0 fully saturated rings. The van der Waals surface area contributed by atoms with Crippen LogP contribution in [-0.4, -0.2) is 34.9 Å². The van der Waals surface area contributed by atoms with Gasteiger partial charge >= 0.3 is 0 Å². The van der Waals surface area contributed by atoms with Crippen molar-refractivity contribution in [2.24, 2.45) is 0 Å². The van der Waals surface area contributed by atoms with Crippen molar-refractivity contribution in [2.45, 2.75) is 20.3 Å². The first-order chi connectivity index (χ1) is 9.54. The van der Waals surface area contributed by atoms with Crippen LogP contribution >= 0.6 is 0 Å². The summed E-state index contributed by atoms with van der Waals surface area (Å²) in [6.07, 6.45) is 0.314. The van der Waals surface area contributed by atoms with Crippen LogP contribution in [0.1, 0.15) is 18.3 Å². The summed E-state index contributed by atoms with van der Waals surface area (Å²) in [6.45, 7) is 4.22. The van der Waals surface area contributed by atoms with E-state index in [1.165, 1.54) is 6.92 Å². The van der Waals surface area contributed by atoms with E-state index in [0.717, 1.165) is 22.4 Å². The minimum atomic E-state index is -0.0979. The molecule has 106 valence electrons. The molecule has 1 aromatic heterocycles. The van der Waals surface area contributed by atoms with Crippen LogP contribution in [0.3, 0.4) is 0 Å². The highest BCUT2D eigenvalue weighted by molar-refractivity contribution is 5.81. The van der Waals surface area contributed by atoms with Crippen molar-refractivity contribution in [3.63, 3.8) is 0 Å². The van der Waals surface area contributed by atoms with Gasteiger partial charge in [-0.25, -0.2) is 4.98 Å². The molecule has 0 saturated carbocycles. The first-order valence-electron chi connectivity index (χ1n) is 6.51. The largest absolute Gasteiger partial charge is 0.355 e. The van der Waals surface area contributed by atoms with Gasteiger partial charge in [0.25, 0.3) is 0 Å². The van der Waals surface area contributed by atoms with Crippen LogP contribution in [0.4, 0.5) is 0 Å². The normalized spacial score (nSPS) is 10.5. The Bertz CT molecular complexity index is 633. The number of rotatable bonds is 5. The first-order valence-corrected chi connectivity index (χ1v) is 6.51. The summed E-state index contributed by atoms with van der Waals surface area (Å²) in [5.41, 5.74) is 2.77. The van der Waals surface area contributed by atoms with Gasteiger partial charge < -0.3 is 15.6 Å². The molecule has 0 aliphatic rings. The zero-order chi connectivity index (χ0) is 14.5. The van der Waals surface area contributed by atoms with Gasteiger partial charge in [0.15, 0.2) is 0 Å². The Hall–Kier alpha value is -2.37. The fourth-order valence-corrected chi connectivity index (χ4v) is 1.98. The van der Waals surface area contributed by atoms with Crippen molar-refractivity contribution in [3.8, 4) is 0 Å². The molecule has 0 atom stereocenters. The van der Waals surface area contributed by atoms with Gasteiger partial charge in [-0.1, -0.05) is 6.07 Å². The number of H-pyrrole nitrogens is 1. The number of nitrogens with one attached hydrogen (secondary N) is 3. The number of hydrogen-bond acceptors (Lipinski definition) is 3. The molecular formula is C14H18N4O2. The molecule has 6 heteroatoms. The van der Waals surface area contributed by atoms with Crippen LogP contribution in [0.2, 0.25) is 0 Å².